The summed E-state index contributed by atoms with van der Waals surface area (Å²) in [7, 11) is 1.61. The minimum Gasteiger partial charge on any atom is -0.497 e. The summed E-state index contributed by atoms with van der Waals surface area (Å²) in [5, 5.41) is 0. The Hall–Kier alpha value is -2.10. The topological polar surface area (TPSA) is 52.3 Å². The molecule has 0 amide bonds. The van der Waals surface area contributed by atoms with Gasteiger partial charge in [-0.1, -0.05) is 0 Å². The summed E-state index contributed by atoms with van der Waals surface area (Å²) in [5.74, 6) is 1.10. The molecular formula is C12H11NO3. The summed E-state index contributed by atoms with van der Waals surface area (Å²) in [6.07, 6.45) is 1.36. The molecule has 82 valence electrons. The van der Waals surface area contributed by atoms with Crippen molar-refractivity contribution in [3.8, 4) is 17.2 Å². The Bertz CT molecular complexity index is 499. The second-order valence-electron chi connectivity index (χ2n) is 3.32. The molecule has 0 N–H and O–H groups in total. The van der Waals surface area contributed by atoms with E-state index in [9.17, 15) is 4.79 Å². The lowest BCUT2D eigenvalue weighted by molar-refractivity contribution is 0.101. The number of carbonyl (C=O) groups excluding carboxylic acids is 1. The van der Waals surface area contributed by atoms with Crippen LogP contribution in [-0.2, 0) is 0 Å². The maximum Gasteiger partial charge on any atom is 0.226 e. The minimum absolute atomic E-state index is 0.108. The molecule has 0 bridgehead atoms. The highest BCUT2D eigenvalue weighted by molar-refractivity contribution is 5.92. The Balaban J connectivity index is 2.31. The van der Waals surface area contributed by atoms with E-state index in [1.165, 1.54) is 13.2 Å². The van der Waals surface area contributed by atoms with E-state index in [-0.39, 0.29) is 5.78 Å². The van der Waals surface area contributed by atoms with Crippen LogP contribution in [0, 0.1) is 0 Å². The third kappa shape index (κ3) is 1.95. The molecule has 1 heterocycles. The van der Waals surface area contributed by atoms with Crippen molar-refractivity contribution in [1.29, 1.82) is 0 Å². The normalized spacial score (nSPS) is 10.1. The molecule has 0 aliphatic carbocycles. The second kappa shape index (κ2) is 4.18. The van der Waals surface area contributed by atoms with Gasteiger partial charge in [-0.25, -0.2) is 4.98 Å². The zero-order valence-electron chi connectivity index (χ0n) is 9.06. The Morgan fingerprint density at radius 3 is 2.50 bits per heavy atom. The number of ether oxygens (including phenoxy) is 1. The van der Waals surface area contributed by atoms with E-state index in [0.717, 1.165) is 11.3 Å². The molecule has 2 aromatic rings. The van der Waals surface area contributed by atoms with Crippen LogP contribution >= 0.6 is 0 Å². The van der Waals surface area contributed by atoms with Gasteiger partial charge in [-0.2, -0.15) is 0 Å². The zero-order valence-corrected chi connectivity index (χ0v) is 9.06. The fourth-order valence-corrected chi connectivity index (χ4v) is 1.30. The van der Waals surface area contributed by atoms with Crippen molar-refractivity contribution in [3.05, 3.63) is 36.2 Å². The van der Waals surface area contributed by atoms with Crippen molar-refractivity contribution >= 4 is 5.78 Å². The number of aromatic nitrogens is 1. The number of oxazole rings is 1. The molecule has 0 atom stereocenters. The molecule has 0 saturated heterocycles. The molecule has 16 heavy (non-hydrogen) atoms. The van der Waals surface area contributed by atoms with Gasteiger partial charge >= 0.3 is 0 Å². The Morgan fingerprint density at radius 1 is 1.31 bits per heavy atom. The van der Waals surface area contributed by atoms with Crippen molar-refractivity contribution in [2.24, 2.45) is 0 Å². The number of hydrogen-bond donors (Lipinski definition) is 0. The van der Waals surface area contributed by atoms with Gasteiger partial charge in [0.2, 0.25) is 5.89 Å². The maximum atomic E-state index is 11.0. The summed E-state index contributed by atoms with van der Waals surface area (Å²) in [5.41, 5.74) is 1.15. The SMILES string of the molecule is COc1ccc(-c2nc(C(C)=O)co2)cc1. The average Bonchev–Trinajstić information content (AvgIpc) is 2.78. The quantitative estimate of drug-likeness (QED) is 0.741. The zero-order chi connectivity index (χ0) is 11.5. The smallest absolute Gasteiger partial charge is 0.226 e. The lowest BCUT2D eigenvalue weighted by Gasteiger charge is -1.99. The number of Topliss-reactive ketones (excluding diaryl/α,β-unsaturated/α-hetero) is 1. The summed E-state index contributed by atoms with van der Waals surface area (Å²) in [4.78, 5) is 15.1. The predicted octanol–water partition coefficient (Wildman–Crippen LogP) is 2.55. The molecule has 0 unspecified atom stereocenters. The van der Waals surface area contributed by atoms with E-state index in [2.05, 4.69) is 4.98 Å². The Labute approximate surface area is 92.9 Å². The van der Waals surface area contributed by atoms with Crippen LogP contribution in [-0.4, -0.2) is 17.9 Å². The first-order chi connectivity index (χ1) is 7.70. The van der Waals surface area contributed by atoms with E-state index in [1.807, 2.05) is 24.3 Å². The number of methoxy groups -OCH3 is 1. The highest BCUT2D eigenvalue weighted by atomic mass is 16.5. The number of ketones is 1. The molecular weight excluding hydrogens is 206 g/mol. The first-order valence-corrected chi connectivity index (χ1v) is 4.81. The fraction of sp³-hybridized carbons (Fsp3) is 0.167. The number of benzene rings is 1. The number of carbonyl (C=O) groups is 1. The summed E-state index contributed by atoms with van der Waals surface area (Å²) < 4.78 is 10.3. The Morgan fingerprint density at radius 2 is 2.00 bits per heavy atom. The van der Waals surface area contributed by atoms with Crippen LogP contribution in [0.3, 0.4) is 0 Å². The van der Waals surface area contributed by atoms with E-state index in [0.29, 0.717) is 11.6 Å². The largest absolute Gasteiger partial charge is 0.497 e. The van der Waals surface area contributed by atoms with E-state index in [1.54, 1.807) is 7.11 Å². The molecule has 0 spiro atoms. The van der Waals surface area contributed by atoms with Crippen LogP contribution in [0.15, 0.2) is 34.9 Å². The van der Waals surface area contributed by atoms with Crippen LogP contribution in [0.4, 0.5) is 0 Å². The molecule has 1 aromatic heterocycles. The third-order valence-electron chi connectivity index (χ3n) is 2.20. The van der Waals surface area contributed by atoms with Gasteiger partial charge in [0.15, 0.2) is 5.78 Å². The van der Waals surface area contributed by atoms with Crippen LogP contribution in [0.1, 0.15) is 17.4 Å². The lowest BCUT2D eigenvalue weighted by atomic mass is 10.2. The molecule has 0 fully saturated rings. The number of hydrogen-bond acceptors (Lipinski definition) is 4. The third-order valence-corrected chi connectivity index (χ3v) is 2.20. The van der Waals surface area contributed by atoms with Gasteiger partial charge in [0, 0.05) is 12.5 Å². The van der Waals surface area contributed by atoms with Crippen LogP contribution in [0.25, 0.3) is 11.5 Å². The highest BCUT2D eigenvalue weighted by Crippen LogP contribution is 2.21. The van der Waals surface area contributed by atoms with E-state index in [4.69, 9.17) is 9.15 Å². The average molecular weight is 217 g/mol. The van der Waals surface area contributed by atoms with Gasteiger partial charge in [-0.3, -0.25) is 4.79 Å². The van der Waals surface area contributed by atoms with Crippen molar-refractivity contribution in [1.82, 2.24) is 4.98 Å². The van der Waals surface area contributed by atoms with Crippen molar-refractivity contribution in [3.63, 3.8) is 0 Å². The minimum atomic E-state index is -0.108. The summed E-state index contributed by atoms with van der Waals surface area (Å²) in [6.45, 7) is 1.45. The van der Waals surface area contributed by atoms with Gasteiger partial charge < -0.3 is 9.15 Å². The molecule has 0 radical (unpaired) electrons. The van der Waals surface area contributed by atoms with Crippen LogP contribution in [0.2, 0.25) is 0 Å². The monoisotopic (exact) mass is 217 g/mol. The first-order valence-electron chi connectivity index (χ1n) is 4.81. The van der Waals surface area contributed by atoms with Gasteiger partial charge in [-0.05, 0) is 24.3 Å². The first kappa shape index (κ1) is 10.4. The molecule has 4 heteroatoms. The lowest BCUT2D eigenvalue weighted by Crippen LogP contribution is -1.91. The standard InChI is InChI=1S/C12H11NO3/c1-8(14)11-7-16-12(13-11)9-3-5-10(15-2)6-4-9/h3-7H,1-2H3. The maximum absolute atomic E-state index is 11.0. The van der Waals surface area contributed by atoms with E-state index >= 15 is 0 Å². The van der Waals surface area contributed by atoms with Crippen molar-refractivity contribution < 1.29 is 13.9 Å². The van der Waals surface area contributed by atoms with Gasteiger partial charge in [-0.15, -0.1) is 0 Å². The fourth-order valence-electron chi connectivity index (χ4n) is 1.30. The van der Waals surface area contributed by atoms with Crippen molar-refractivity contribution in [2.75, 3.05) is 7.11 Å². The van der Waals surface area contributed by atoms with Gasteiger partial charge in [0.25, 0.3) is 0 Å². The molecule has 0 saturated carbocycles. The second-order valence-corrected chi connectivity index (χ2v) is 3.32. The Kier molecular flexibility index (Phi) is 2.72. The molecule has 0 aliphatic heterocycles. The van der Waals surface area contributed by atoms with Crippen molar-refractivity contribution in [2.45, 2.75) is 6.92 Å². The van der Waals surface area contributed by atoms with Crippen LogP contribution < -0.4 is 4.74 Å². The summed E-state index contributed by atoms with van der Waals surface area (Å²) in [6, 6.07) is 7.28. The molecule has 2 rings (SSSR count). The van der Waals surface area contributed by atoms with Gasteiger partial charge in [0.05, 0.1) is 7.11 Å². The molecule has 4 nitrogen and oxygen atoms in total. The van der Waals surface area contributed by atoms with Crippen LogP contribution in [0.5, 0.6) is 5.75 Å². The predicted molar refractivity (Wildman–Crippen MR) is 58.5 cm³/mol. The summed E-state index contributed by atoms with van der Waals surface area (Å²) >= 11 is 0. The number of nitrogens with zero attached hydrogens (tertiary/aromatic N) is 1. The van der Waals surface area contributed by atoms with E-state index < -0.39 is 0 Å². The van der Waals surface area contributed by atoms with Gasteiger partial charge in [0.1, 0.15) is 17.7 Å². The molecule has 1 aromatic carbocycles. The number of rotatable bonds is 3. The molecule has 0 aliphatic rings. The highest BCUT2D eigenvalue weighted by Gasteiger charge is 2.09.